The molecule has 5 heteroatoms. The summed E-state index contributed by atoms with van der Waals surface area (Å²) < 4.78 is 0. The highest BCUT2D eigenvalue weighted by molar-refractivity contribution is 5.85. The van der Waals surface area contributed by atoms with Crippen molar-refractivity contribution in [2.75, 3.05) is 6.61 Å². The van der Waals surface area contributed by atoms with E-state index in [0.717, 1.165) is 12.0 Å². The third-order valence-electron chi connectivity index (χ3n) is 3.87. The lowest BCUT2D eigenvalue weighted by molar-refractivity contribution is -0.146. The molecule has 0 aliphatic heterocycles. The van der Waals surface area contributed by atoms with Crippen LogP contribution in [0.25, 0.3) is 0 Å². The molecule has 0 radical (unpaired) electrons. The van der Waals surface area contributed by atoms with Crippen LogP contribution >= 0.6 is 0 Å². The van der Waals surface area contributed by atoms with E-state index in [9.17, 15) is 14.7 Å². The lowest BCUT2D eigenvalue weighted by Crippen LogP contribution is -2.38. The number of carboxylic acid groups (broad SMARTS) is 1. The Morgan fingerprint density at radius 2 is 1.85 bits per heavy atom. The van der Waals surface area contributed by atoms with Gasteiger partial charge in [-0.3, -0.25) is 9.59 Å². The first-order chi connectivity index (χ1) is 9.63. The zero-order valence-electron chi connectivity index (χ0n) is 11.2. The largest absolute Gasteiger partial charge is 0.481 e. The fourth-order valence-electron chi connectivity index (χ4n) is 2.77. The third-order valence-corrected chi connectivity index (χ3v) is 3.87. The van der Waals surface area contributed by atoms with Gasteiger partial charge in [0, 0.05) is 0 Å². The molecule has 0 heterocycles. The van der Waals surface area contributed by atoms with Crippen molar-refractivity contribution in [3.8, 4) is 0 Å². The summed E-state index contributed by atoms with van der Waals surface area (Å²) in [5.41, 5.74) is 0.813. The number of aliphatic hydroxyl groups excluding tert-OH is 1. The molecule has 3 atom stereocenters. The van der Waals surface area contributed by atoms with Gasteiger partial charge in [0.15, 0.2) is 0 Å². The van der Waals surface area contributed by atoms with E-state index in [4.69, 9.17) is 5.11 Å². The van der Waals surface area contributed by atoms with Gasteiger partial charge in [0.25, 0.3) is 0 Å². The van der Waals surface area contributed by atoms with Gasteiger partial charge in [-0.2, -0.15) is 0 Å². The number of rotatable bonds is 5. The van der Waals surface area contributed by atoms with Crippen molar-refractivity contribution < 1.29 is 19.8 Å². The quantitative estimate of drug-likeness (QED) is 0.758. The Balaban J connectivity index is 2.04. The highest BCUT2D eigenvalue weighted by Gasteiger charge is 2.38. The molecule has 1 aromatic carbocycles. The van der Waals surface area contributed by atoms with E-state index < -0.39 is 23.8 Å². The maximum atomic E-state index is 12.2. The number of benzene rings is 1. The molecule has 1 fully saturated rings. The summed E-state index contributed by atoms with van der Waals surface area (Å²) >= 11 is 0. The van der Waals surface area contributed by atoms with Crippen LogP contribution in [0.15, 0.2) is 30.3 Å². The van der Waals surface area contributed by atoms with E-state index in [0.29, 0.717) is 12.8 Å². The molecule has 1 aliphatic carbocycles. The number of hydrogen-bond donors (Lipinski definition) is 3. The molecule has 20 heavy (non-hydrogen) atoms. The molecule has 2 unspecified atom stereocenters. The Kier molecular flexibility index (Phi) is 4.74. The maximum absolute atomic E-state index is 12.2. The number of aliphatic carboxylic acids is 1. The Bertz CT molecular complexity index is 474. The minimum Gasteiger partial charge on any atom is -0.481 e. The summed E-state index contributed by atoms with van der Waals surface area (Å²) in [6.45, 7) is -0.208. The molecule has 1 saturated carbocycles. The lowest BCUT2D eigenvalue weighted by atomic mass is 9.94. The van der Waals surface area contributed by atoms with Gasteiger partial charge in [-0.05, 0) is 18.4 Å². The monoisotopic (exact) mass is 277 g/mol. The van der Waals surface area contributed by atoms with Crippen LogP contribution in [0.5, 0.6) is 0 Å². The standard InChI is InChI=1S/C15H19NO4/c17-9-13(10-5-2-1-3-6-10)16-14(18)11-7-4-8-12(11)15(19)20/h1-3,5-6,11-13,17H,4,7-9H2,(H,16,18)(H,19,20)/t11?,12?,13-/m1/s1. The highest BCUT2D eigenvalue weighted by atomic mass is 16.4. The molecule has 0 aromatic heterocycles. The van der Waals surface area contributed by atoms with Gasteiger partial charge in [0.2, 0.25) is 5.91 Å². The average molecular weight is 277 g/mol. The van der Waals surface area contributed by atoms with E-state index >= 15 is 0 Å². The van der Waals surface area contributed by atoms with Crippen LogP contribution in [-0.4, -0.2) is 28.7 Å². The Hall–Kier alpha value is -1.88. The second-order valence-corrected chi connectivity index (χ2v) is 5.14. The minimum absolute atomic E-state index is 0.208. The topological polar surface area (TPSA) is 86.6 Å². The van der Waals surface area contributed by atoms with E-state index in [1.807, 2.05) is 30.3 Å². The summed E-state index contributed by atoms with van der Waals surface area (Å²) in [5, 5.41) is 21.3. The molecule has 1 amide bonds. The summed E-state index contributed by atoms with van der Waals surface area (Å²) in [6.07, 6.45) is 1.89. The maximum Gasteiger partial charge on any atom is 0.307 e. The first-order valence-electron chi connectivity index (χ1n) is 6.82. The van der Waals surface area contributed by atoms with Crippen molar-refractivity contribution in [2.24, 2.45) is 11.8 Å². The number of nitrogens with one attached hydrogen (secondary N) is 1. The van der Waals surface area contributed by atoms with E-state index in [1.165, 1.54) is 0 Å². The second kappa shape index (κ2) is 6.52. The molecule has 1 aromatic rings. The van der Waals surface area contributed by atoms with Crippen molar-refractivity contribution in [1.82, 2.24) is 5.32 Å². The molecular formula is C15H19NO4. The lowest BCUT2D eigenvalue weighted by Gasteiger charge is -2.21. The second-order valence-electron chi connectivity index (χ2n) is 5.14. The summed E-state index contributed by atoms with van der Waals surface area (Å²) in [4.78, 5) is 23.3. The van der Waals surface area contributed by atoms with Crippen LogP contribution < -0.4 is 5.32 Å². The smallest absolute Gasteiger partial charge is 0.307 e. The fourth-order valence-corrected chi connectivity index (χ4v) is 2.77. The Labute approximate surface area is 117 Å². The van der Waals surface area contributed by atoms with E-state index in [-0.39, 0.29) is 12.5 Å². The average Bonchev–Trinajstić information content (AvgIpc) is 2.95. The molecule has 0 saturated heterocycles. The van der Waals surface area contributed by atoms with Crippen molar-refractivity contribution in [1.29, 1.82) is 0 Å². The molecule has 1 aliphatic rings. The predicted molar refractivity (Wildman–Crippen MR) is 72.9 cm³/mol. The molecular weight excluding hydrogens is 258 g/mol. The highest BCUT2D eigenvalue weighted by Crippen LogP contribution is 2.32. The van der Waals surface area contributed by atoms with Crippen LogP contribution in [0.4, 0.5) is 0 Å². The number of hydrogen-bond acceptors (Lipinski definition) is 3. The fraction of sp³-hybridized carbons (Fsp3) is 0.467. The summed E-state index contributed by atoms with van der Waals surface area (Å²) in [5.74, 6) is -2.30. The van der Waals surface area contributed by atoms with Gasteiger partial charge < -0.3 is 15.5 Å². The number of aliphatic hydroxyl groups is 1. The number of carbonyl (C=O) groups is 2. The van der Waals surface area contributed by atoms with Gasteiger partial charge in [-0.1, -0.05) is 36.8 Å². The molecule has 2 rings (SSSR count). The number of amides is 1. The molecule has 0 spiro atoms. The van der Waals surface area contributed by atoms with Crippen LogP contribution in [0.2, 0.25) is 0 Å². The normalized spacial score (nSPS) is 23.2. The number of carbonyl (C=O) groups excluding carboxylic acids is 1. The number of carboxylic acids is 1. The van der Waals surface area contributed by atoms with Crippen LogP contribution in [0, 0.1) is 11.8 Å². The van der Waals surface area contributed by atoms with Gasteiger partial charge in [0.1, 0.15) is 0 Å². The molecule has 3 N–H and O–H groups in total. The minimum atomic E-state index is -0.914. The van der Waals surface area contributed by atoms with Crippen LogP contribution in [-0.2, 0) is 9.59 Å². The Morgan fingerprint density at radius 3 is 2.45 bits per heavy atom. The molecule has 5 nitrogen and oxygen atoms in total. The van der Waals surface area contributed by atoms with Crippen LogP contribution in [0.3, 0.4) is 0 Å². The molecule has 0 bridgehead atoms. The van der Waals surface area contributed by atoms with E-state index in [2.05, 4.69) is 5.32 Å². The third kappa shape index (κ3) is 3.17. The van der Waals surface area contributed by atoms with E-state index in [1.54, 1.807) is 0 Å². The van der Waals surface area contributed by atoms with Gasteiger partial charge in [0.05, 0.1) is 24.5 Å². The SMILES string of the molecule is O=C(O)C1CCCC1C(=O)N[C@H](CO)c1ccccc1. The zero-order chi connectivity index (χ0) is 14.5. The summed E-state index contributed by atoms with van der Waals surface area (Å²) in [7, 11) is 0. The van der Waals surface area contributed by atoms with Gasteiger partial charge in [-0.15, -0.1) is 0 Å². The molecule has 108 valence electrons. The van der Waals surface area contributed by atoms with Crippen LogP contribution in [0.1, 0.15) is 30.9 Å². The van der Waals surface area contributed by atoms with Crippen molar-refractivity contribution in [2.45, 2.75) is 25.3 Å². The van der Waals surface area contributed by atoms with Crippen molar-refractivity contribution >= 4 is 11.9 Å². The van der Waals surface area contributed by atoms with Crippen molar-refractivity contribution in [3.63, 3.8) is 0 Å². The first-order valence-corrected chi connectivity index (χ1v) is 6.82. The first kappa shape index (κ1) is 14.5. The zero-order valence-corrected chi connectivity index (χ0v) is 11.2. The van der Waals surface area contributed by atoms with Gasteiger partial charge in [-0.25, -0.2) is 0 Å². The summed E-state index contributed by atoms with van der Waals surface area (Å²) in [6, 6.07) is 8.69. The predicted octanol–water partition coefficient (Wildman–Crippen LogP) is 1.34. The Morgan fingerprint density at radius 1 is 1.20 bits per heavy atom. The van der Waals surface area contributed by atoms with Crippen molar-refractivity contribution in [3.05, 3.63) is 35.9 Å². The van der Waals surface area contributed by atoms with Gasteiger partial charge >= 0.3 is 5.97 Å².